The van der Waals surface area contributed by atoms with Crippen molar-refractivity contribution in [2.45, 2.75) is 0 Å². The van der Waals surface area contributed by atoms with Gasteiger partial charge in [-0.25, -0.2) is 4.39 Å². The molecule has 0 radical (unpaired) electrons. The number of carbonyl (C=O) groups excluding carboxylic acids is 3. The van der Waals surface area contributed by atoms with E-state index in [1.54, 1.807) is 42.5 Å². The molecule has 0 aliphatic heterocycles. The molecular weight excluding hydrogens is 417 g/mol. The summed E-state index contributed by atoms with van der Waals surface area (Å²) in [5.41, 5.74) is 0.577. The van der Waals surface area contributed by atoms with Gasteiger partial charge in [0.1, 0.15) is 5.82 Å². The van der Waals surface area contributed by atoms with Gasteiger partial charge in [-0.15, -0.1) is 0 Å². The van der Waals surface area contributed by atoms with E-state index in [1.165, 1.54) is 12.1 Å². The van der Waals surface area contributed by atoms with Crippen molar-refractivity contribution in [3.8, 4) is 0 Å². The second-order valence-electron chi connectivity index (χ2n) is 6.88. The van der Waals surface area contributed by atoms with E-state index in [9.17, 15) is 28.9 Å². The van der Waals surface area contributed by atoms with Gasteiger partial charge in [-0.3, -0.25) is 24.5 Å². The average Bonchev–Trinajstić information content (AvgIpc) is 2.77. The number of nitrogens with one attached hydrogen (secondary N) is 2. The molecule has 0 unspecified atom stereocenters. The van der Waals surface area contributed by atoms with Crippen molar-refractivity contribution in [3.05, 3.63) is 111 Å². The molecule has 158 valence electrons. The first kappa shape index (κ1) is 20.6. The van der Waals surface area contributed by atoms with Crippen LogP contribution in [0.4, 0.5) is 21.5 Å². The van der Waals surface area contributed by atoms with E-state index in [4.69, 9.17) is 0 Å². The van der Waals surface area contributed by atoms with Crippen LogP contribution in [0.1, 0.15) is 31.1 Å². The lowest BCUT2D eigenvalue weighted by Gasteiger charge is -2.17. The van der Waals surface area contributed by atoms with Crippen molar-refractivity contribution < 1.29 is 23.7 Å². The largest absolute Gasteiger partial charge is 0.352 e. The molecule has 0 fully saturated rings. The number of nitro benzene ring substituents is 1. The third-order valence-corrected chi connectivity index (χ3v) is 4.76. The number of hydrogen-bond donors (Lipinski definition) is 2. The number of amides is 1. The third-order valence-electron chi connectivity index (χ3n) is 4.76. The molecule has 4 rings (SSSR count). The van der Waals surface area contributed by atoms with E-state index in [0.29, 0.717) is 22.9 Å². The number of non-ortho nitro benzene ring substituents is 1. The number of fused-ring (bicyclic) bond motifs is 1. The molecule has 0 saturated heterocycles. The van der Waals surface area contributed by atoms with E-state index in [1.807, 2.05) is 0 Å². The van der Waals surface area contributed by atoms with Crippen LogP contribution in [0.5, 0.6) is 0 Å². The molecule has 0 aromatic heterocycles. The van der Waals surface area contributed by atoms with Crippen LogP contribution in [0, 0.1) is 15.9 Å². The van der Waals surface area contributed by atoms with Crippen LogP contribution in [0.3, 0.4) is 0 Å². The normalized spacial score (nSPS) is 12.6. The van der Waals surface area contributed by atoms with Crippen LogP contribution in [0.15, 0.2) is 78.5 Å². The van der Waals surface area contributed by atoms with Crippen molar-refractivity contribution in [3.63, 3.8) is 0 Å². The molecule has 8 nitrogen and oxygen atoms in total. The van der Waals surface area contributed by atoms with Crippen molar-refractivity contribution in [2.75, 3.05) is 10.6 Å². The van der Waals surface area contributed by atoms with E-state index < -0.39 is 22.3 Å². The van der Waals surface area contributed by atoms with Gasteiger partial charge in [0.15, 0.2) is 5.78 Å². The van der Waals surface area contributed by atoms with Gasteiger partial charge in [0.05, 0.1) is 22.3 Å². The Bertz CT molecular complexity index is 1330. The molecule has 2 N–H and O–H groups in total. The SMILES string of the molecule is O=C(Nc1cccc(NC2=CC(=O)c3ccccc3C2=O)c1)c1ccc([N+](=O)[O-])cc1F. The number of anilines is 2. The first-order valence-corrected chi connectivity index (χ1v) is 9.35. The average molecular weight is 431 g/mol. The highest BCUT2D eigenvalue weighted by molar-refractivity contribution is 6.25. The van der Waals surface area contributed by atoms with Gasteiger partial charge < -0.3 is 10.6 Å². The molecule has 0 spiro atoms. The number of allylic oxidation sites excluding steroid dienone is 2. The van der Waals surface area contributed by atoms with Crippen LogP contribution in [-0.2, 0) is 0 Å². The number of nitrogens with zero attached hydrogens (tertiary/aromatic N) is 1. The smallest absolute Gasteiger partial charge is 0.272 e. The van der Waals surface area contributed by atoms with Crippen LogP contribution in [0.2, 0.25) is 0 Å². The van der Waals surface area contributed by atoms with E-state index in [0.717, 1.165) is 12.1 Å². The van der Waals surface area contributed by atoms with Crippen LogP contribution in [0.25, 0.3) is 0 Å². The van der Waals surface area contributed by atoms with Crippen LogP contribution in [-0.4, -0.2) is 22.4 Å². The summed E-state index contributed by atoms with van der Waals surface area (Å²) in [4.78, 5) is 47.3. The highest BCUT2D eigenvalue weighted by Crippen LogP contribution is 2.24. The summed E-state index contributed by atoms with van der Waals surface area (Å²) in [6.45, 7) is 0. The van der Waals surface area contributed by atoms with Crippen LogP contribution >= 0.6 is 0 Å². The molecule has 32 heavy (non-hydrogen) atoms. The predicted octanol–water partition coefficient (Wildman–Crippen LogP) is 4.36. The zero-order valence-corrected chi connectivity index (χ0v) is 16.3. The predicted molar refractivity (Wildman–Crippen MR) is 114 cm³/mol. The second-order valence-corrected chi connectivity index (χ2v) is 6.88. The Kier molecular flexibility index (Phi) is 5.30. The van der Waals surface area contributed by atoms with Gasteiger partial charge in [0.25, 0.3) is 11.6 Å². The Morgan fingerprint density at radius 1 is 0.906 bits per heavy atom. The topological polar surface area (TPSA) is 118 Å². The standard InChI is InChI=1S/C23H14FN3O5/c24-19-11-15(27(31)32)8-9-18(19)23(30)26-14-5-3-4-13(10-14)25-20-12-21(28)16-6-1-2-7-17(16)22(20)29/h1-12,25H,(H,26,30). The lowest BCUT2D eigenvalue weighted by atomic mass is 9.92. The molecule has 1 aliphatic rings. The maximum atomic E-state index is 14.1. The van der Waals surface area contributed by atoms with Crippen LogP contribution < -0.4 is 10.6 Å². The summed E-state index contributed by atoms with van der Waals surface area (Å²) in [5, 5.41) is 16.1. The monoisotopic (exact) mass is 431 g/mol. The fourth-order valence-corrected chi connectivity index (χ4v) is 3.24. The minimum absolute atomic E-state index is 0.0820. The zero-order valence-electron chi connectivity index (χ0n) is 16.3. The Labute approximate surface area is 180 Å². The summed E-state index contributed by atoms with van der Waals surface area (Å²) in [6.07, 6.45) is 1.21. The number of nitro groups is 1. The van der Waals surface area contributed by atoms with E-state index in [2.05, 4.69) is 10.6 Å². The first-order chi connectivity index (χ1) is 15.3. The molecular formula is C23H14FN3O5. The number of rotatable bonds is 5. The minimum atomic E-state index is -1.03. The Morgan fingerprint density at radius 2 is 1.62 bits per heavy atom. The molecule has 0 atom stereocenters. The van der Waals surface area contributed by atoms with E-state index >= 15 is 0 Å². The molecule has 0 saturated carbocycles. The maximum Gasteiger partial charge on any atom is 0.272 e. The quantitative estimate of drug-likeness (QED) is 0.458. The van der Waals surface area contributed by atoms with Gasteiger partial charge >= 0.3 is 0 Å². The summed E-state index contributed by atoms with van der Waals surface area (Å²) >= 11 is 0. The molecule has 0 bridgehead atoms. The molecule has 9 heteroatoms. The number of halogens is 1. The summed E-state index contributed by atoms with van der Waals surface area (Å²) in [7, 11) is 0. The fraction of sp³-hybridized carbons (Fsp3) is 0. The molecule has 3 aromatic carbocycles. The first-order valence-electron chi connectivity index (χ1n) is 9.35. The summed E-state index contributed by atoms with van der Waals surface area (Å²) in [6, 6.07) is 15.5. The van der Waals surface area contributed by atoms with Gasteiger partial charge in [-0.2, -0.15) is 0 Å². The van der Waals surface area contributed by atoms with Gasteiger partial charge in [-0.1, -0.05) is 30.3 Å². The molecule has 0 heterocycles. The lowest BCUT2D eigenvalue weighted by molar-refractivity contribution is -0.385. The number of hydrogen-bond acceptors (Lipinski definition) is 6. The summed E-state index contributed by atoms with van der Waals surface area (Å²) in [5.74, 6) is -2.48. The fourth-order valence-electron chi connectivity index (χ4n) is 3.24. The van der Waals surface area contributed by atoms with Gasteiger partial charge in [0, 0.05) is 34.6 Å². The number of carbonyl (C=O) groups is 3. The zero-order chi connectivity index (χ0) is 22.8. The van der Waals surface area contributed by atoms with Crippen molar-refractivity contribution in [1.82, 2.24) is 0 Å². The molecule has 1 aliphatic carbocycles. The van der Waals surface area contributed by atoms with Crippen molar-refractivity contribution in [1.29, 1.82) is 0 Å². The Hall–Kier alpha value is -4.66. The Morgan fingerprint density at radius 3 is 2.34 bits per heavy atom. The third kappa shape index (κ3) is 3.99. The number of ketones is 2. The number of Topliss-reactive ketones (excluding diaryl/α,β-unsaturated/α-hetero) is 1. The van der Waals surface area contributed by atoms with E-state index in [-0.39, 0.29) is 28.5 Å². The van der Waals surface area contributed by atoms with Crippen molar-refractivity contribution >= 4 is 34.5 Å². The number of benzene rings is 3. The minimum Gasteiger partial charge on any atom is -0.352 e. The Balaban J connectivity index is 1.52. The second kappa shape index (κ2) is 8.23. The van der Waals surface area contributed by atoms with Gasteiger partial charge in [-0.05, 0) is 24.3 Å². The maximum absolute atomic E-state index is 14.1. The van der Waals surface area contributed by atoms with Crippen molar-refractivity contribution in [2.24, 2.45) is 0 Å². The highest BCUT2D eigenvalue weighted by Gasteiger charge is 2.25. The molecule has 1 amide bonds. The highest BCUT2D eigenvalue weighted by atomic mass is 19.1. The van der Waals surface area contributed by atoms with Gasteiger partial charge in [0.2, 0.25) is 5.78 Å². The summed E-state index contributed by atoms with van der Waals surface area (Å²) < 4.78 is 14.1. The lowest BCUT2D eigenvalue weighted by Crippen LogP contribution is -2.21. The molecule has 3 aromatic rings.